The highest BCUT2D eigenvalue weighted by atomic mass is 16.8. The van der Waals surface area contributed by atoms with Crippen LogP contribution in [0.1, 0.15) is 27.7 Å². The van der Waals surface area contributed by atoms with Gasteiger partial charge < -0.3 is 28.4 Å². The number of carbonyl (C=O) groups excluding carboxylic acids is 2. The zero-order valence-corrected chi connectivity index (χ0v) is 12.7. The highest BCUT2D eigenvalue weighted by Crippen LogP contribution is 2.28. The van der Waals surface area contributed by atoms with E-state index in [9.17, 15) is 9.59 Å². The molecule has 1 rings (SSSR count). The summed E-state index contributed by atoms with van der Waals surface area (Å²) in [6.07, 6.45) is -2.68. The molecule has 2 atom stereocenters. The van der Waals surface area contributed by atoms with Crippen LogP contribution in [0.15, 0.2) is 0 Å². The molecule has 0 N–H and O–H groups in total. The lowest BCUT2D eigenvalue weighted by atomic mass is 10.2. The molecule has 8 heteroatoms. The van der Waals surface area contributed by atoms with Gasteiger partial charge in [0.15, 0.2) is 5.79 Å². The summed E-state index contributed by atoms with van der Waals surface area (Å²) in [5.74, 6) is -0.856. The van der Waals surface area contributed by atoms with E-state index in [4.69, 9.17) is 18.9 Å². The van der Waals surface area contributed by atoms with Crippen LogP contribution in [-0.4, -0.2) is 56.7 Å². The molecule has 21 heavy (non-hydrogen) atoms. The van der Waals surface area contributed by atoms with E-state index in [2.05, 4.69) is 9.47 Å². The Hall–Kier alpha value is -1.54. The summed E-state index contributed by atoms with van der Waals surface area (Å²) in [4.78, 5) is 22.3. The normalized spacial score (nSPS) is 23.4. The predicted molar refractivity (Wildman–Crippen MR) is 69.8 cm³/mol. The maximum absolute atomic E-state index is 11.2. The Morgan fingerprint density at radius 2 is 1.24 bits per heavy atom. The summed E-state index contributed by atoms with van der Waals surface area (Å²) >= 11 is 0. The maximum Gasteiger partial charge on any atom is 0.508 e. The third-order valence-corrected chi connectivity index (χ3v) is 2.54. The van der Waals surface area contributed by atoms with Crippen LogP contribution in [0.25, 0.3) is 0 Å². The fourth-order valence-corrected chi connectivity index (χ4v) is 1.81. The van der Waals surface area contributed by atoms with Gasteiger partial charge in [-0.1, -0.05) is 0 Å². The Kier molecular flexibility index (Phi) is 6.70. The fraction of sp³-hybridized carbons (Fsp3) is 0.846. The van der Waals surface area contributed by atoms with E-state index in [1.54, 1.807) is 27.7 Å². The number of rotatable bonds is 6. The highest BCUT2D eigenvalue weighted by molar-refractivity contribution is 5.60. The summed E-state index contributed by atoms with van der Waals surface area (Å²) in [7, 11) is 0. The van der Waals surface area contributed by atoms with Gasteiger partial charge in [-0.15, -0.1) is 0 Å². The second-order valence-corrected chi connectivity index (χ2v) is 4.70. The summed E-state index contributed by atoms with van der Waals surface area (Å²) < 4.78 is 30.3. The molecule has 0 aliphatic carbocycles. The lowest BCUT2D eigenvalue weighted by Crippen LogP contribution is -2.33. The van der Waals surface area contributed by atoms with Crippen LogP contribution < -0.4 is 0 Å². The molecule has 1 aliphatic heterocycles. The minimum Gasteiger partial charge on any atom is -0.435 e. The van der Waals surface area contributed by atoms with Crippen LogP contribution in [0.4, 0.5) is 9.59 Å². The second kappa shape index (κ2) is 8.04. The third kappa shape index (κ3) is 6.17. The van der Waals surface area contributed by atoms with E-state index in [1.807, 2.05) is 0 Å². The highest BCUT2D eigenvalue weighted by Gasteiger charge is 2.42. The summed E-state index contributed by atoms with van der Waals surface area (Å²) in [5, 5.41) is 0. The molecule has 0 radical (unpaired) electrons. The SMILES string of the molecule is CCOC(=O)OC[C@H]1OC(C)(C)O[C@@H]1COC(=O)OCC. The van der Waals surface area contributed by atoms with Crippen LogP contribution in [0, 0.1) is 0 Å². The van der Waals surface area contributed by atoms with Gasteiger partial charge in [-0.05, 0) is 27.7 Å². The number of carbonyl (C=O) groups is 2. The summed E-state index contributed by atoms with van der Waals surface area (Å²) in [5.41, 5.74) is 0. The van der Waals surface area contributed by atoms with Crippen LogP contribution in [-0.2, 0) is 28.4 Å². The van der Waals surface area contributed by atoms with Crippen LogP contribution in [0.3, 0.4) is 0 Å². The van der Waals surface area contributed by atoms with Gasteiger partial charge in [0.2, 0.25) is 0 Å². The fourth-order valence-electron chi connectivity index (χ4n) is 1.81. The Labute approximate surface area is 123 Å². The molecule has 1 saturated heterocycles. The Bertz CT molecular complexity index is 322. The molecule has 8 nitrogen and oxygen atoms in total. The standard InChI is InChI=1S/C13H22O8/c1-5-16-11(14)18-7-9-10(21-13(3,4)20-9)8-19-12(15)17-6-2/h9-10H,5-8H2,1-4H3/t9-,10-/m1/s1. The molecular weight excluding hydrogens is 284 g/mol. The van der Waals surface area contributed by atoms with E-state index < -0.39 is 30.3 Å². The van der Waals surface area contributed by atoms with E-state index in [1.165, 1.54) is 0 Å². The lowest BCUT2D eigenvalue weighted by molar-refractivity contribution is -0.152. The van der Waals surface area contributed by atoms with Gasteiger partial charge in [0.1, 0.15) is 25.4 Å². The van der Waals surface area contributed by atoms with Gasteiger partial charge >= 0.3 is 12.3 Å². The van der Waals surface area contributed by atoms with Gasteiger partial charge in [-0.2, -0.15) is 0 Å². The molecule has 0 spiro atoms. The first-order valence-electron chi connectivity index (χ1n) is 6.82. The minimum absolute atomic E-state index is 0.0564. The van der Waals surface area contributed by atoms with Crippen molar-refractivity contribution >= 4 is 12.3 Å². The first kappa shape index (κ1) is 17.5. The van der Waals surface area contributed by atoms with Crippen molar-refractivity contribution in [1.29, 1.82) is 0 Å². The molecule has 0 aromatic heterocycles. The van der Waals surface area contributed by atoms with Gasteiger partial charge in [-0.3, -0.25) is 0 Å². The summed E-state index contributed by atoms with van der Waals surface area (Å²) in [6.45, 7) is 7.12. The van der Waals surface area contributed by atoms with Gasteiger partial charge in [0.25, 0.3) is 0 Å². The molecule has 0 unspecified atom stereocenters. The quantitative estimate of drug-likeness (QED) is 0.687. The molecule has 0 saturated carbocycles. The van der Waals surface area contributed by atoms with Crippen LogP contribution in [0.5, 0.6) is 0 Å². The zero-order chi connectivity index (χ0) is 15.9. The van der Waals surface area contributed by atoms with Crippen molar-refractivity contribution in [3.8, 4) is 0 Å². The van der Waals surface area contributed by atoms with Gasteiger partial charge in [-0.25, -0.2) is 9.59 Å². The number of hydrogen-bond donors (Lipinski definition) is 0. The van der Waals surface area contributed by atoms with Crippen molar-refractivity contribution in [2.24, 2.45) is 0 Å². The second-order valence-electron chi connectivity index (χ2n) is 4.70. The van der Waals surface area contributed by atoms with Crippen molar-refractivity contribution < 1.29 is 38.0 Å². The van der Waals surface area contributed by atoms with Crippen LogP contribution >= 0.6 is 0 Å². The van der Waals surface area contributed by atoms with Crippen molar-refractivity contribution in [1.82, 2.24) is 0 Å². The van der Waals surface area contributed by atoms with Gasteiger partial charge in [0, 0.05) is 0 Å². The van der Waals surface area contributed by atoms with Crippen molar-refractivity contribution in [3.63, 3.8) is 0 Å². The Balaban J connectivity index is 2.46. The van der Waals surface area contributed by atoms with Gasteiger partial charge in [0.05, 0.1) is 13.2 Å². The lowest BCUT2D eigenvalue weighted by Gasteiger charge is -2.16. The van der Waals surface area contributed by atoms with E-state index in [-0.39, 0.29) is 26.4 Å². The number of ether oxygens (including phenoxy) is 6. The Morgan fingerprint density at radius 3 is 1.57 bits per heavy atom. The first-order chi connectivity index (χ1) is 9.88. The molecule has 0 amide bonds. The Morgan fingerprint density at radius 1 is 0.857 bits per heavy atom. The topological polar surface area (TPSA) is 89.5 Å². The largest absolute Gasteiger partial charge is 0.508 e. The molecular formula is C13H22O8. The van der Waals surface area contributed by atoms with E-state index >= 15 is 0 Å². The zero-order valence-electron chi connectivity index (χ0n) is 12.7. The average Bonchev–Trinajstić information content (AvgIpc) is 2.69. The molecule has 1 heterocycles. The van der Waals surface area contributed by atoms with Crippen LogP contribution in [0.2, 0.25) is 0 Å². The maximum atomic E-state index is 11.2. The van der Waals surface area contributed by atoms with E-state index in [0.717, 1.165) is 0 Å². The molecule has 0 aromatic carbocycles. The smallest absolute Gasteiger partial charge is 0.435 e. The number of hydrogen-bond acceptors (Lipinski definition) is 8. The van der Waals surface area contributed by atoms with Crippen molar-refractivity contribution in [2.45, 2.75) is 45.7 Å². The predicted octanol–water partition coefficient (Wildman–Crippen LogP) is 1.85. The minimum atomic E-state index is -0.856. The monoisotopic (exact) mass is 306 g/mol. The first-order valence-corrected chi connectivity index (χ1v) is 6.82. The molecule has 1 fully saturated rings. The molecule has 0 bridgehead atoms. The molecule has 0 aromatic rings. The third-order valence-electron chi connectivity index (χ3n) is 2.54. The van der Waals surface area contributed by atoms with Crippen molar-refractivity contribution in [2.75, 3.05) is 26.4 Å². The molecule has 1 aliphatic rings. The van der Waals surface area contributed by atoms with E-state index in [0.29, 0.717) is 0 Å². The average molecular weight is 306 g/mol. The summed E-state index contributed by atoms with van der Waals surface area (Å²) in [6, 6.07) is 0. The van der Waals surface area contributed by atoms with Crippen molar-refractivity contribution in [3.05, 3.63) is 0 Å². The molecule has 122 valence electrons.